The van der Waals surface area contributed by atoms with Crippen LogP contribution in [-0.2, 0) is 16.1 Å². The van der Waals surface area contributed by atoms with Crippen molar-refractivity contribution in [2.45, 2.75) is 20.4 Å². The van der Waals surface area contributed by atoms with Crippen molar-refractivity contribution in [1.82, 2.24) is 20.2 Å². The molecule has 0 spiro atoms. The summed E-state index contributed by atoms with van der Waals surface area (Å²) in [5.74, 6) is 0.533. The molecule has 9 nitrogen and oxygen atoms in total. The SMILES string of the molecule is CCOc1ccc(NC(=O)Cn2nnc(-c3ccc(NC(C)=O)c(Cl)c3)n2)cc1. The Hall–Kier alpha value is -3.46. The number of amides is 2. The van der Waals surface area contributed by atoms with Crippen molar-refractivity contribution in [1.29, 1.82) is 0 Å². The zero-order valence-electron chi connectivity index (χ0n) is 15.8. The van der Waals surface area contributed by atoms with Gasteiger partial charge in [0.05, 0.1) is 17.3 Å². The highest BCUT2D eigenvalue weighted by atomic mass is 35.5. The molecular formula is C19H19ClN6O3. The van der Waals surface area contributed by atoms with Crippen LogP contribution in [0.1, 0.15) is 13.8 Å². The van der Waals surface area contributed by atoms with Gasteiger partial charge in [-0.2, -0.15) is 4.80 Å². The van der Waals surface area contributed by atoms with Crippen LogP contribution in [0.15, 0.2) is 42.5 Å². The van der Waals surface area contributed by atoms with E-state index in [1.165, 1.54) is 11.7 Å². The fraction of sp³-hybridized carbons (Fsp3) is 0.211. The number of tetrazole rings is 1. The predicted octanol–water partition coefficient (Wildman–Crippen LogP) is 2.99. The number of hydrogen-bond donors (Lipinski definition) is 2. The number of carbonyl (C=O) groups is 2. The molecule has 0 saturated heterocycles. The molecule has 0 aliphatic carbocycles. The Morgan fingerprint density at radius 2 is 1.90 bits per heavy atom. The molecule has 1 heterocycles. The van der Waals surface area contributed by atoms with Crippen LogP contribution >= 0.6 is 11.6 Å². The molecule has 3 aromatic rings. The number of aromatic nitrogens is 4. The Bertz CT molecular complexity index is 1020. The fourth-order valence-electron chi connectivity index (χ4n) is 2.50. The van der Waals surface area contributed by atoms with Gasteiger partial charge >= 0.3 is 0 Å². The monoisotopic (exact) mass is 414 g/mol. The lowest BCUT2D eigenvalue weighted by Crippen LogP contribution is -2.20. The Morgan fingerprint density at radius 3 is 2.55 bits per heavy atom. The molecule has 0 aliphatic heterocycles. The van der Waals surface area contributed by atoms with Gasteiger partial charge in [0.1, 0.15) is 12.3 Å². The summed E-state index contributed by atoms with van der Waals surface area (Å²) in [7, 11) is 0. The second-order valence-electron chi connectivity index (χ2n) is 6.02. The van der Waals surface area contributed by atoms with Gasteiger partial charge in [-0.3, -0.25) is 9.59 Å². The highest BCUT2D eigenvalue weighted by Crippen LogP contribution is 2.26. The summed E-state index contributed by atoms with van der Waals surface area (Å²) in [6, 6.07) is 12.0. The lowest BCUT2D eigenvalue weighted by molar-refractivity contribution is -0.117. The summed E-state index contributed by atoms with van der Waals surface area (Å²) in [6.45, 7) is 3.78. The van der Waals surface area contributed by atoms with Crippen molar-refractivity contribution in [2.75, 3.05) is 17.2 Å². The van der Waals surface area contributed by atoms with E-state index in [0.717, 1.165) is 5.75 Å². The molecule has 0 bridgehead atoms. The molecule has 10 heteroatoms. The van der Waals surface area contributed by atoms with E-state index in [4.69, 9.17) is 16.3 Å². The van der Waals surface area contributed by atoms with Gasteiger partial charge < -0.3 is 15.4 Å². The maximum Gasteiger partial charge on any atom is 0.248 e. The molecule has 3 rings (SSSR count). The summed E-state index contributed by atoms with van der Waals surface area (Å²) in [5.41, 5.74) is 1.74. The molecule has 1 aromatic heterocycles. The molecule has 2 amide bonds. The smallest absolute Gasteiger partial charge is 0.248 e. The van der Waals surface area contributed by atoms with E-state index in [9.17, 15) is 9.59 Å². The number of rotatable bonds is 7. The van der Waals surface area contributed by atoms with Crippen molar-refractivity contribution < 1.29 is 14.3 Å². The van der Waals surface area contributed by atoms with Crippen LogP contribution in [0, 0.1) is 0 Å². The van der Waals surface area contributed by atoms with Gasteiger partial charge in [-0.15, -0.1) is 10.2 Å². The zero-order valence-corrected chi connectivity index (χ0v) is 16.6. The third kappa shape index (κ3) is 5.52. The standard InChI is InChI=1S/C19H19ClN6O3/c1-3-29-15-7-5-14(6-8-15)22-18(28)11-26-24-19(23-25-26)13-4-9-17(16(20)10-13)21-12(2)27/h4-10H,3,11H2,1-2H3,(H,21,27)(H,22,28). The van der Waals surface area contributed by atoms with Gasteiger partial charge in [0.2, 0.25) is 17.6 Å². The van der Waals surface area contributed by atoms with Crippen molar-refractivity contribution in [3.05, 3.63) is 47.5 Å². The van der Waals surface area contributed by atoms with E-state index in [-0.39, 0.29) is 18.4 Å². The number of nitrogens with one attached hydrogen (secondary N) is 2. The van der Waals surface area contributed by atoms with Gasteiger partial charge in [-0.25, -0.2) is 0 Å². The zero-order chi connectivity index (χ0) is 20.8. The van der Waals surface area contributed by atoms with E-state index >= 15 is 0 Å². The summed E-state index contributed by atoms with van der Waals surface area (Å²) in [5, 5.41) is 17.8. The van der Waals surface area contributed by atoms with Crippen LogP contribution in [0.25, 0.3) is 11.4 Å². The number of carbonyl (C=O) groups excluding carboxylic acids is 2. The first-order valence-corrected chi connectivity index (χ1v) is 9.20. The van der Waals surface area contributed by atoms with Crippen LogP contribution < -0.4 is 15.4 Å². The first-order chi connectivity index (χ1) is 13.9. The third-order valence-electron chi connectivity index (χ3n) is 3.72. The van der Waals surface area contributed by atoms with Crippen LogP contribution in [0.5, 0.6) is 5.75 Å². The van der Waals surface area contributed by atoms with Crippen LogP contribution in [-0.4, -0.2) is 38.6 Å². The number of nitrogens with zero attached hydrogens (tertiary/aromatic N) is 4. The lowest BCUT2D eigenvalue weighted by atomic mass is 10.2. The number of hydrogen-bond acceptors (Lipinski definition) is 6. The average molecular weight is 415 g/mol. The molecule has 0 unspecified atom stereocenters. The molecule has 0 fully saturated rings. The second kappa shape index (κ2) is 9.16. The number of anilines is 2. The second-order valence-corrected chi connectivity index (χ2v) is 6.43. The van der Waals surface area contributed by atoms with E-state index in [1.54, 1.807) is 42.5 Å². The normalized spacial score (nSPS) is 10.4. The Balaban J connectivity index is 1.63. The summed E-state index contributed by atoms with van der Waals surface area (Å²) in [4.78, 5) is 24.5. The maximum absolute atomic E-state index is 12.2. The van der Waals surface area contributed by atoms with Gasteiger partial charge in [0.15, 0.2) is 0 Å². The summed E-state index contributed by atoms with van der Waals surface area (Å²) < 4.78 is 5.37. The van der Waals surface area contributed by atoms with Crippen molar-refractivity contribution >= 4 is 34.8 Å². The van der Waals surface area contributed by atoms with E-state index in [0.29, 0.717) is 34.4 Å². The van der Waals surface area contributed by atoms with Gasteiger partial charge in [-0.05, 0) is 54.6 Å². The molecule has 29 heavy (non-hydrogen) atoms. The van der Waals surface area contributed by atoms with E-state index < -0.39 is 0 Å². The summed E-state index contributed by atoms with van der Waals surface area (Å²) in [6.07, 6.45) is 0. The number of benzene rings is 2. The van der Waals surface area contributed by atoms with E-state index in [2.05, 4.69) is 26.0 Å². The first-order valence-electron chi connectivity index (χ1n) is 8.82. The van der Waals surface area contributed by atoms with Crippen LogP contribution in [0.2, 0.25) is 5.02 Å². The highest BCUT2D eigenvalue weighted by molar-refractivity contribution is 6.34. The van der Waals surface area contributed by atoms with Crippen molar-refractivity contribution in [2.24, 2.45) is 0 Å². The van der Waals surface area contributed by atoms with Crippen molar-refractivity contribution in [3.63, 3.8) is 0 Å². The number of halogens is 1. The van der Waals surface area contributed by atoms with Crippen LogP contribution in [0.3, 0.4) is 0 Å². The Morgan fingerprint density at radius 1 is 1.14 bits per heavy atom. The molecule has 2 aromatic carbocycles. The largest absolute Gasteiger partial charge is 0.494 e. The lowest BCUT2D eigenvalue weighted by Gasteiger charge is -2.06. The Labute approximate surface area is 172 Å². The third-order valence-corrected chi connectivity index (χ3v) is 4.04. The molecule has 2 N–H and O–H groups in total. The maximum atomic E-state index is 12.2. The molecule has 150 valence electrons. The molecular weight excluding hydrogens is 396 g/mol. The molecule has 0 radical (unpaired) electrons. The molecule has 0 atom stereocenters. The minimum atomic E-state index is -0.294. The molecule has 0 saturated carbocycles. The predicted molar refractivity (Wildman–Crippen MR) is 109 cm³/mol. The van der Waals surface area contributed by atoms with Gasteiger partial charge in [0.25, 0.3) is 0 Å². The Kier molecular flexibility index (Phi) is 6.40. The van der Waals surface area contributed by atoms with Gasteiger partial charge in [-0.1, -0.05) is 11.6 Å². The van der Waals surface area contributed by atoms with Gasteiger partial charge in [0, 0.05) is 18.2 Å². The minimum Gasteiger partial charge on any atom is -0.494 e. The number of ether oxygens (including phenoxy) is 1. The topological polar surface area (TPSA) is 111 Å². The minimum absolute atomic E-state index is 0.0993. The van der Waals surface area contributed by atoms with Crippen molar-refractivity contribution in [3.8, 4) is 17.1 Å². The van der Waals surface area contributed by atoms with E-state index in [1.807, 2.05) is 6.92 Å². The molecule has 0 aliphatic rings. The van der Waals surface area contributed by atoms with Crippen LogP contribution in [0.4, 0.5) is 11.4 Å². The quantitative estimate of drug-likeness (QED) is 0.614. The summed E-state index contributed by atoms with van der Waals surface area (Å²) >= 11 is 6.17. The first kappa shape index (κ1) is 20.3. The highest BCUT2D eigenvalue weighted by Gasteiger charge is 2.12. The fourth-order valence-corrected chi connectivity index (χ4v) is 2.73. The average Bonchev–Trinajstić information content (AvgIpc) is 3.13.